The van der Waals surface area contributed by atoms with Gasteiger partial charge in [0, 0.05) is 22.5 Å². The Morgan fingerprint density at radius 1 is 0.857 bits per heavy atom. The second-order valence-electron chi connectivity index (χ2n) is 4.87. The summed E-state index contributed by atoms with van der Waals surface area (Å²) < 4.78 is 10.9. The molecule has 0 bridgehead atoms. The van der Waals surface area contributed by atoms with Crippen LogP contribution in [0.5, 0.6) is 11.5 Å². The first-order valence-electron chi connectivity index (χ1n) is 6.82. The molecule has 0 aliphatic carbocycles. The van der Waals surface area contributed by atoms with E-state index < -0.39 is 0 Å². The maximum Gasteiger partial charge on any atom is 0.168 e. The van der Waals surface area contributed by atoms with Crippen LogP contribution in [0.4, 0.5) is 0 Å². The highest BCUT2D eigenvalue weighted by atomic mass is 16.5. The predicted molar refractivity (Wildman–Crippen MR) is 85.0 cm³/mol. The Morgan fingerprint density at radius 2 is 1.67 bits per heavy atom. The van der Waals surface area contributed by atoms with E-state index in [0.717, 1.165) is 33.5 Å². The van der Waals surface area contributed by atoms with Crippen molar-refractivity contribution >= 4 is 10.8 Å². The molecule has 0 saturated carbocycles. The van der Waals surface area contributed by atoms with Gasteiger partial charge in [-0.3, -0.25) is 4.98 Å². The van der Waals surface area contributed by atoms with Crippen molar-refractivity contribution in [2.75, 3.05) is 14.2 Å². The van der Waals surface area contributed by atoms with Crippen molar-refractivity contribution in [3.8, 4) is 22.8 Å². The van der Waals surface area contributed by atoms with Gasteiger partial charge in [-0.2, -0.15) is 0 Å². The molecular formula is C18H17NO2. The zero-order valence-electron chi connectivity index (χ0n) is 12.4. The molecule has 0 amide bonds. The van der Waals surface area contributed by atoms with Crippen LogP contribution in [0.25, 0.3) is 22.0 Å². The second-order valence-corrected chi connectivity index (χ2v) is 4.87. The molecule has 3 nitrogen and oxygen atoms in total. The van der Waals surface area contributed by atoms with Gasteiger partial charge in [0.15, 0.2) is 11.5 Å². The van der Waals surface area contributed by atoms with E-state index in [9.17, 15) is 0 Å². The average Bonchev–Trinajstić information content (AvgIpc) is 2.53. The Bertz CT molecular complexity index is 796. The van der Waals surface area contributed by atoms with Crippen LogP contribution in [0.15, 0.2) is 48.7 Å². The first-order chi connectivity index (χ1) is 10.3. The number of hydrogen-bond acceptors (Lipinski definition) is 3. The van der Waals surface area contributed by atoms with E-state index in [2.05, 4.69) is 24.0 Å². The SMILES string of the molecule is COc1ccc2c(-c3ccccc3C)nccc2c1OC. The molecular weight excluding hydrogens is 262 g/mol. The highest BCUT2D eigenvalue weighted by Crippen LogP contribution is 2.38. The van der Waals surface area contributed by atoms with Crippen molar-refractivity contribution in [1.82, 2.24) is 4.98 Å². The van der Waals surface area contributed by atoms with Crippen LogP contribution in [-0.2, 0) is 0 Å². The van der Waals surface area contributed by atoms with Gasteiger partial charge < -0.3 is 9.47 Å². The molecule has 0 N–H and O–H groups in total. The first-order valence-corrected chi connectivity index (χ1v) is 6.82. The van der Waals surface area contributed by atoms with Crippen molar-refractivity contribution in [3.05, 3.63) is 54.2 Å². The van der Waals surface area contributed by atoms with E-state index in [4.69, 9.17) is 9.47 Å². The van der Waals surface area contributed by atoms with Crippen molar-refractivity contribution in [2.24, 2.45) is 0 Å². The van der Waals surface area contributed by atoms with E-state index in [0.29, 0.717) is 0 Å². The fourth-order valence-corrected chi connectivity index (χ4v) is 2.63. The van der Waals surface area contributed by atoms with Crippen molar-refractivity contribution < 1.29 is 9.47 Å². The normalized spacial score (nSPS) is 10.6. The van der Waals surface area contributed by atoms with Crippen molar-refractivity contribution in [1.29, 1.82) is 0 Å². The van der Waals surface area contributed by atoms with Crippen molar-refractivity contribution in [2.45, 2.75) is 6.92 Å². The fourth-order valence-electron chi connectivity index (χ4n) is 2.63. The van der Waals surface area contributed by atoms with Gasteiger partial charge in [0.1, 0.15) is 0 Å². The van der Waals surface area contributed by atoms with Crippen LogP contribution in [0.1, 0.15) is 5.56 Å². The smallest absolute Gasteiger partial charge is 0.168 e. The Hall–Kier alpha value is -2.55. The number of hydrogen-bond donors (Lipinski definition) is 0. The summed E-state index contributed by atoms with van der Waals surface area (Å²) in [5.41, 5.74) is 3.30. The maximum absolute atomic E-state index is 5.52. The number of benzene rings is 2. The van der Waals surface area contributed by atoms with Crippen molar-refractivity contribution in [3.63, 3.8) is 0 Å². The molecule has 1 aromatic heterocycles. The highest BCUT2D eigenvalue weighted by molar-refractivity contribution is 5.99. The summed E-state index contributed by atoms with van der Waals surface area (Å²) in [6.07, 6.45) is 1.81. The summed E-state index contributed by atoms with van der Waals surface area (Å²) in [5, 5.41) is 2.06. The zero-order valence-corrected chi connectivity index (χ0v) is 12.4. The molecule has 0 unspecified atom stereocenters. The molecule has 0 saturated heterocycles. The monoisotopic (exact) mass is 279 g/mol. The van der Waals surface area contributed by atoms with Gasteiger partial charge in [-0.05, 0) is 30.7 Å². The fraction of sp³-hybridized carbons (Fsp3) is 0.167. The molecule has 0 aliphatic heterocycles. The van der Waals surface area contributed by atoms with Gasteiger partial charge in [-0.25, -0.2) is 0 Å². The lowest BCUT2D eigenvalue weighted by Gasteiger charge is -2.13. The van der Waals surface area contributed by atoms with Crippen LogP contribution in [0.2, 0.25) is 0 Å². The molecule has 0 atom stereocenters. The van der Waals surface area contributed by atoms with E-state index >= 15 is 0 Å². The molecule has 0 aliphatic rings. The van der Waals surface area contributed by atoms with Crippen LogP contribution in [-0.4, -0.2) is 19.2 Å². The van der Waals surface area contributed by atoms with E-state index in [-0.39, 0.29) is 0 Å². The minimum absolute atomic E-state index is 0.729. The molecule has 0 radical (unpaired) electrons. The summed E-state index contributed by atoms with van der Waals surface area (Å²) >= 11 is 0. The summed E-state index contributed by atoms with van der Waals surface area (Å²) in [7, 11) is 3.30. The average molecular weight is 279 g/mol. The Labute approximate surface area is 124 Å². The third kappa shape index (κ3) is 2.21. The molecule has 0 fully saturated rings. The maximum atomic E-state index is 5.52. The third-order valence-electron chi connectivity index (χ3n) is 3.68. The topological polar surface area (TPSA) is 31.4 Å². The third-order valence-corrected chi connectivity index (χ3v) is 3.68. The Kier molecular flexibility index (Phi) is 3.48. The Morgan fingerprint density at radius 3 is 2.38 bits per heavy atom. The van der Waals surface area contributed by atoms with Gasteiger partial charge in [-0.1, -0.05) is 24.3 Å². The number of pyridine rings is 1. The summed E-state index contributed by atoms with van der Waals surface area (Å²) in [5.74, 6) is 1.47. The number of nitrogens with zero attached hydrogens (tertiary/aromatic N) is 1. The van der Waals surface area contributed by atoms with Crippen LogP contribution < -0.4 is 9.47 Å². The second kappa shape index (κ2) is 5.44. The van der Waals surface area contributed by atoms with Crippen LogP contribution in [0.3, 0.4) is 0 Å². The lowest BCUT2D eigenvalue weighted by molar-refractivity contribution is 0.358. The number of rotatable bonds is 3. The molecule has 21 heavy (non-hydrogen) atoms. The quantitative estimate of drug-likeness (QED) is 0.719. The molecule has 3 aromatic rings. The summed E-state index contributed by atoms with van der Waals surface area (Å²) in [4.78, 5) is 4.57. The predicted octanol–water partition coefficient (Wildman–Crippen LogP) is 4.23. The Balaban J connectivity index is 2.34. The highest BCUT2D eigenvalue weighted by Gasteiger charge is 2.13. The number of ether oxygens (including phenoxy) is 2. The molecule has 106 valence electrons. The first kappa shape index (κ1) is 13.4. The number of fused-ring (bicyclic) bond motifs is 1. The molecule has 2 aromatic carbocycles. The summed E-state index contributed by atoms with van der Waals surface area (Å²) in [6, 6.07) is 14.2. The van der Waals surface area contributed by atoms with Crippen LogP contribution in [0, 0.1) is 6.92 Å². The lowest BCUT2D eigenvalue weighted by Crippen LogP contribution is -1.94. The largest absolute Gasteiger partial charge is 0.493 e. The minimum atomic E-state index is 0.729. The van der Waals surface area contributed by atoms with Gasteiger partial charge in [0.2, 0.25) is 0 Å². The van der Waals surface area contributed by atoms with E-state index in [1.165, 1.54) is 5.56 Å². The molecule has 0 spiro atoms. The molecule has 1 heterocycles. The zero-order chi connectivity index (χ0) is 14.8. The van der Waals surface area contributed by atoms with E-state index in [1.54, 1.807) is 14.2 Å². The van der Waals surface area contributed by atoms with Gasteiger partial charge in [0.25, 0.3) is 0 Å². The van der Waals surface area contributed by atoms with Gasteiger partial charge in [0.05, 0.1) is 19.9 Å². The number of aromatic nitrogens is 1. The standard InChI is InChI=1S/C18H17NO2/c1-12-6-4-5-7-13(12)17-14-8-9-16(20-2)18(21-3)15(14)10-11-19-17/h4-11H,1-3H3. The number of methoxy groups -OCH3 is 2. The van der Waals surface area contributed by atoms with E-state index in [1.807, 2.05) is 36.5 Å². The lowest BCUT2D eigenvalue weighted by atomic mass is 9.99. The van der Waals surface area contributed by atoms with Gasteiger partial charge >= 0.3 is 0 Å². The minimum Gasteiger partial charge on any atom is -0.493 e. The molecule has 3 heteroatoms. The van der Waals surface area contributed by atoms with Gasteiger partial charge in [-0.15, -0.1) is 0 Å². The summed E-state index contributed by atoms with van der Waals surface area (Å²) in [6.45, 7) is 2.09. The van der Waals surface area contributed by atoms with Crippen LogP contribution >= 0.6 is 0 Å². The number of aryl methyl sites for hydroxylation is 1. The molecule has 3 rings (SSSR count).